The normalized spacial score (nSPS) is 24.2. The number of hydrogen-bond acceptors (Lipinski definition) is 5. The van der Waals surface area contributed by atoms with Crippen LogP contribution >= 0.6 is 0 Å². The number of rotatable bonds is 7. The van der Waals surface area contributed by atoms with Crippen LogP contribution < -0.4 is 9.46 Å². The van der Waals surface area contributed by atoms with Crippen LogP contribution in [0.1, 0.15) is 24.4 Å². The number of fused-ring (bicyclic) bond motifs is 5. The molecule has 4 heterocycles. The van der Waals surface area contributed by atoms with Crippen molar-refractivity contribution >= 4 is 31.7 Å². The molecule has 3 aromatic carbocycles. The highest BCUT2D eigenvalue weighted by Crippen LogP contribution is 2.43. The van der Waals surface area contributed by atoms with Crippen molar-refractivity contribution in [2.45, 2.75) is 29.8 Å². The van der Waals surface area contributed by atoms with Crippen LogP contribution in [0.4, 0.5) is 0 Å². The molecule has 0 saturated carbocycles. The molecule has 7 rings (SSSR count). The monoisotopic (exact) mass is 513 g/mol. The van der Waals surface area contributed by atoms with Crippen molar-refractivity contribution in [2.24, 2.45) is 11.8 Å². The van der Waals surface area contributed by atoms with Crippen LogP contribution in [0.5, 0.6) is 5.75 Å². The number of sulfonamides is 1. The topological polar surface area (TPSA) is 71.5 Å². The number of benzene rings is 3. The highest BCUT2D eigenvalue weighted by Gasteiger charge is 2.44. The largest absolute Gasteiger partial charge is 0.497 e. The van der Waals surface area contributed by atoms with Crippen molar-refractivity contribution in [3.05, 3.63) is 91.1 Å². The van der Waals surface area contributed by atoms with E-state index >= 15 is 0 Å². The smallest absolute Gasteiger partial charge is 0.241 e. The second kappa shape index (κ2) is 9.56. The molecule has 190 valence electrons. The van der Waals surface area contributed by atoms with Gasteiger partial charge in [-0.1, -0.05) is 42.5 Å². The van der Waals surface area contributed by atoms with Crippen molar-refractivity contribution < 1.29 is 13.2 Å². The van der Waals surface area contributed by atoms with E-state index in [1.54, 1.807) is 25.4 Å². The molecule has 0 radical (unpaired) electrons. The highest BCUT2D eigenvalue weighted by molar-refractivity contribution is 7.89. The van der Waals surface area contributed by atoms with E-state index < -0.39 is 16.1 Å². The van der Waals surface area contributed by atoms with Gasteiger partial charge in [0.1, 0.15) is 5.75 Å². The zero-order chi connectivity index (χ0) is 25.6. The number of nitrogens with zero attached hydrogens (tertiary/aromatic N) is 2. The maximum Gasteiger partial charge on any atom is 0.241 e. The Kier molecular flexibility index (Phi) is 6.23. The zero-order valence-corrected chi connectivity index (χ0v) is 21.7. The first-order valence-electron chi connectivity index (χ1n) is 12.8. The first-order chi connectivity index (χ1) is 18.0. The quantitative estimate of drug-likeness (QED) is 0.339. The lowest BCUT2D eigenvalue weighted by Crippen LogP contribution is -2.57. The van der Waals surface area contributed by atoms with Gasteiger partial charge in [0.15, 0.2) is 0 Å². The number of nitrogens with one attached hydrogen (secondary N) is 1. The van der Waals surface area contributed by atoms with Crippen LogP contribution in [0.2, 0.25) is 0 Å². The van der Waals surface area contributed by atoms with Gasteiger partial charge in [-0.25, -0.2) is 13.1 Å². The van der Waals surface area contributed by atoms with Crippen molar-refractivity contribution in [1.29, 1.82) is 0 Å². The molecule has 3 fully saturated rings. The lowest BCUT2D eigenvalue weighted by molar-refractivity contribution is 0.00490. The van der Waals surface area contributed by atoms with Crippen molar-refractivity contribution in [3.8, 4) is 5.75 Å². The number of methoxy groups -OCH3 is 1. The summed E-state index contributed by atoms with van der Waals surface area (Å²) in [5, 5.41) is 2.51. The van der Waals surface area contributed by atoms with Gasteiger partial charge in [0, 0.05) is 29.6 Å². The Morgan fingerprint density at radius 1 is 1.11 bits per heavy atom. The molecule has 0 amide bonds. The van der Waals surface area contributed by atoms with Gasteiger partial charge < -0.3 is 4.74 Å². The molecule has 4 aromatic rings. The second-order valence-corrected chi connectivity index (χ2v) is 11.8. The molecular formula is C30H31N3O3S. The van der Waals surface area contributed by atoms with Crippen LogP contribution in [-0.4, -0.2) is 44.5 Å². The van der Waals surface area contributed by atoms with Crippen molar-refractivity contribution in [2.75, 3.05) is 20.2 Å². The maximum atomic E-state index is 14.1. The summed E-state index contributed by atoms with van der Waals surface area (Å²) in [6.45, 7) is 5.92. The van der Waals surface area contributed by atoms with Crippen molar-refractivity contribution in [1.82, 2.24) is 14.6 Å². The number of ether oxygens (including phenoxy) is 1. The van der Waals surface area contributed by atoms with E-state index in [2.05, 4.69) is 27.3 Å². The summed E-state index contributed by atoms with van der Waals surface area (Å²) in [7, 11) is -2.21. The van der Waals surface area contributed by atoms with E-state index in [0.29, 0.717) is 16.7 Å². The molecule has 1 unspecified atom stereocenters. The number of piperidine rings is 3. The molecule has 6 nitrogen and oxygen atoms in total. The maximum absolute atomic E-state index is 14.1. The molecule has 7 heteroatoms. The van der Waals surface area contributed by atoms with Crippen LogP contribution in [0, 0.1) is 11.8 Å². The molecular weight excluding hydrogens is 482 g/mol. The van der Waals surface area contributed by atoms with Gasteiger partial charge in [0.25, 0.3) is 0 Å². The molecule has 1 aromatic heterocycles. The predicted octanol–water partition coefficient (Wildman–Crippen LogP) is 5.31. The Morgan fingerprint density at radius 2 is 1.95 bits per heavy atom. The van der Waals surface area contributed by atoms with Crippen LogP contribution in [-0.2, 0) is 10.0 Å². The Balaban J connectivity index is 1.49. The molecule has 2 bridgehead atoms. The summed E-state index contributed by atoms with van der Waals surface area (Å²) in [6, 6.07) is 20.3. The van der Waals surface area contributed by atoms with Crippen LogP contribution in [0.3, 0.4) is 0 Å². The van der Waals surface area contributed by atoms with Gasteiger partial charge in [-0.05, 0) is 72.5 Å². The average molecular weight is 514 g/mol. The van der Waals surface area contributed by atoms with Gasteiger partial charge >= 0.3 is 0 Å². The Hall–Kier alpha value is -3.26. The average Bonchev–Trinajstić information content (AvgIpc) is 2.95. The molecule has 3 aliphatic heterocycles. The van der Waals surface area contributed by atoms with Gasteiger partial charge in [-0.15, -0.1) is 6.58 Å². The van der Waals surface area contributed by atoms with Crippen LogP contribution in [0.25, 0.3) is 21.7 Å². The van der Waals surface area contributed by atoms with Gasteiger partial charge in [-0.3, -0.25) is 9.88 Å². The molecule has 5 atom stereocenters. The van der Waals surface area contributed by atoms with E-state index in [-0.39, 0.29) is 6.04 Å². The van der Waals surface area contributed by atoms with Gasteiger partial charge in [-0.2, -0.15) is 0 Å². The summed E-state index contributed by atoms with van der Waals surface area (Å²) < 4.78 is 36.8. The van der Waals surface area contributed by atoms with E-state index in [0.717, 1.165) is 58.9 Å². The standard InChI is InChI=1S/C30H31N3O3S/c1-3-20-19-33-16-14-22(20)17-28(33)30(25-13-15-31-27-12-11-23(36-2)18-26(25)27)32-37(34,35)29-10-6-8-21-7-4-5-9-24(21)29/h3-13,15,18,20,22,28,30,32H,1,14,16-17,19H2,2H3/t20-,22-,28-,30-/m0/s1. The fourth-order valence-electron chi connectivity index (χ4n) is 6.28. The lowest BCUT2D eigenvalue weighted by Gasteiger charge is -2.51. The number of aromatic nitrogens is 1. The number of pyridine rings is 1. The Labute approximate surface area is 218 Å². The third kappa shape index (κ3) is 4.31. The highest BCUT2D eigenvalue weighted by atomic mass is 32.2. The fourth-order valence-corrected chi connectivity index (χ4v) is 7.76. The molecule has 0 spiro atoms. The van der Waals surface area contributed by atoms with E-state index in [9.17, 15) is 8.42 Å². The lowest BCUT2D eigenvalue weighted by atomic mass is 9.73. The minimum atomic E-state index is -3.85. The molecule has 3 saturated heterocycles. The third-order valence-corrected chi connectivity index (χ3v) is 9.68. The van der Waals surface area contributed by atoms with E-state index in [1.807, 2.05) is 54.6 Å². The fraction of sp³-hybridized carbons (Fsp3) is 0.300. The summed E-state index contributed by atoms with van der Waals surface area (Å²) in [4.78, 5) is 7.29. The first kappa shape index (κ1) is 24.1. The van der Waals surface area contributed by atoms with Gasteiger partial charge in [0.2, 0.25) is 10.0 Å². The summed E-state index contributed by atoms with van der Waals surface area (Å²) >= 11 is 0. The molecule has 3 aliphatic rings. The van der Waals surface area contributed by atoms with E-state index in [1.165, 1.54) is 0 Å². The minimum absolute atomic E-state index is 0.0245. The second-order valence-electron chi connectivity index (χ2n) is 10.1. The minimum Gasteiger partial charge on any atom is -0.497 e. The number of hydrogen-bond donors (Lipinski definition) is 1. The molecule has 37 heavy (non-hydrogen) atoms. The van der Waals surface area contributed by atoms with Crippen molar-refractivity contribution in [3.63, 3.8) is 0 Å². The SMILES string of the molecule is C=C[C@H]1CN2CC[C@H]1C[C@H]2[C@@H](NS(=O)(=O)c1cccc2ccccc12)c1ccnc2ccc(OC)cc12. The predicted molar refractivity (Wildman–Crippen MR) is 147 cm³/mol. The third-order valence-electron chi connectivity index (χ3n) is 8.18. The van der Waals surface area contributed by atoms with Gasteiger partial charge in [0.05, 0.1) is 23.6 Å². The van der Waals surface area contributed by atoms with Crippen LogP contribution in [0.15, 0.2) is 90.5 Å². The molecule has 1 N–H and O–H groups in total. The summed E-state index contributed by atoms with van der Waals surface area (Å²) in [5.74, 6) is 1.66. The summed E-state index contributed by atoms with van der Waals surface area (Å²) in [5.41, 5.74) is 1.73. The Bertz CT molecular complexity index is 1580. The summed E-state index contributed by atoms with van der Waals surface area (Å²) in [6.07, 6.45) is 5.86. The zero-order valence-electron chi connectivity index (χ0n) is 20.9. The first-order valence-corrected chi connectivity index (χ1v) is 14.3. The Morgan fingerprint density at radius 3 is 2.73 bits per heavy atom. The molecule has 0 aliphatic carbocycles. The van der Waals surface area contributed by atoms with E-state index in [4.69, 9.17) is 4.74 Å².